The normalized spacial score (nSPS) is 14.7. The number of halogens is 1. The molecule has 0 spiro atoms. The highest BCUT2D eigenvalue weighted by molar-refractivity contribution is 6.30. The van der Waals surface area contributed by atoms with E-state index in [0.717, 1.165) is 18.5 Å². The van der Waals surface area contributed by atoms with Crippen LogP contribution in [-0.4, -0.2) is 31.1 Å². The lowest BCUT2D eigenvalue weighted by Gasteiger charge is -2.33. The van der Waals surface area contributed by atoms with Gasteiger partial charge in [-0.25, -0.2) is 0 Å². The van der Waals surface area contributed by atoms with E-state index in [1.807, 2.05) is 17.0 Å². The SMILES string of the molecule is CC(=O)N(c1ccc(NC(=O)c2ccc(Cl)cc2)cc1)C1CCOCC1. The van der Waals surface area contributed by atoms with Crippen LogP contribution in [-0.2, 0) is 9.53 Å². The molecular weight excluding hydrogens is 352 g/mol. The van der Waals surface area contributed by atoms with Gasteiger partial charge < -0.3 is 15.0 Å². The quantitative estimate of drug-likeness (QED) is 0.878. The fourth-order valence-electron chi connectivity index (χ4n) is 3.10. The van der Waals surface area contributed by atoms with E-state index in [1.54, 1.807) is 43.3 Å². The topological polar surface area (TPSA) is 58.6 Å². The monoisotopic (exact) mass is 372 g/mol. The van der Waals surface area contributed by atoms with E-state index in [0.29, 0.717) is 29.5 Å². The van der Waals surface area contributed by atoms with Crippen molar-refractivity contribution >= 4 is 34.8 Å². The predicted molar refractivity (Wildman–Crippen MR) is 103 cm³/mol. The predicted octanol–water partition coefficient (Wildman–Crippen LogP) is 4.12. The first-order valence-electron chi connectivity index (χ1n) is 8.59. The second-order valence-corrected chi connectivity index (χ2v) is 6.68. The number of carbonyl (C=O) groups excluding carboxylic acids is 2. The van der Waals surface area contributed by atoms with Crippen LogP contribution in [0.5, 0.6) is 0 Å². The molecule has 136 valence electrons. The van der Waals surface area contributed by atoms with Crippen molar-refractivity contribution in [1.29, 1.82) is 0 Å². The molecule has 26 heavy (non-hydrogen) atoms. The van der Waals surface area contributed by atoms with Crippen molar-refractivity contribution < 1.29 is 14.3 Å². The van der Waals surface area contributed by atoms with Crippen LogP contribution in [0, 0.1) is 0 Å². The Kier molecular flexibility index (Phi) is 5.91. The molecule has 1 saturated heterocycles. The number of hydrogen-bond donors (Lipinski definition) is 1. The molecule has 2 aromatic rings. The largest absolute Gasteiger partial charge is 0.381 e. The number of rotatable bonds is 4. The summed E-state index contributed by atoms with van der Waals surface area (Å²) in [4.78, 5) is 26.2. The molecule has 0 unspecified atom stereocenters. The van der Waals surface area contributed by atoms with Crippen LogP contribution in [0.2, 0.25) is 5.02 Å². The molecule has 5 nitrogen and oxygen atoms in total. The van der Waals surface area contributed by atoms with Gasteiger partial charge in [-0.15, -0.1) is 0 Å². The molecule has 1 aliphatic heterocycles. The number of benzene rings is 2. The lowest BCUT2D eigenvalue weighted by Crippen LogP contribution is -2.42. The molecule has 0 saturated carbocycles. The van der Waals surface area contributed by atoms with Crippen LogP contribution in [0.25, 0.3) is 0 Å². The molecule has 6 heteroatoms. The van der Waals surface area contributed by atoms with E-state index in [4.69, 9.17) is 16.3 Å². The van der Waals surface area contributed by atoms with Gasteiger partial charge in [0.1, 0.15) is 0 Å². The van der Waals surface area contributed by atoms with Crippen LogP contribution in [0.1, 0.15) is 30.1 Å². The van der Waals surface area contributed by atoms with Crippen LogP contribution < -0.4 is 10.2 Å². The summed E-state index contributed by atoms with van der Waals surface area (Å²) in [5, 5.41) is 3.43. The molecule has 2 amide bonds. The summed E-state index contributed by atoms with van der Waals surface area (Å²) in [6.45, 7) is 2.92. The zero-order valence-electron chi connectivity index (χ0n) is 14.6. The highest BCUT2D eigenvalue weighted by atomic mass is 35.5. The summed E-state index contributed by atoms with van der Waals surface area (Å²) in [6.07, 6.45) is 1.66. The molecule has 0 aromatic heterocycles. The van der Waals surface area contributed by atoms with E-state index in [9.17, 15) is 9.59 Å². The lowest BCUT2D eigenvalue weighted by molar-refractivity contribution is -0.117. The highest BCUT2D eigenvalue weighted by Gasteiger charge is 2.24. The zero-order chi connectivity index (χ0) is 18.5. The standard InChI is InChI=1S/C20H21ClN2O3/c1-14(24)23(19-10-12-26-13-11-19)18-8-6-17(7-9-18)22-20(25)15-2-4-16(21)5-3-15/h2-9,19H,10-13H2,1H3,(H,22,25). The minimum absolute atomic E-state index is 0.00912. The molecule has 0 aliphatic carbocycles. The van der Waals surface area contributed by atoms with E-state index >= 15 is 0 Å². The van der Waals surface area contributed by atoms with Gasteiger partial charge in [-0.05, 0) is 61.4 Å². The van der Waals surface area contributed by atoms with Crippen molar-refractivity contribution in [1.82, 2.24) is 0 Å². The highest BCUT2D eigenvalue weighted by Crippen LogP contribution is 2.25. The van der Waals surface area contributed by atoms with Crippen LogP contribution >= 0.6 is 11.6 Å². The van der Waals surface area contributed by atoms with Gasteiger partial charge in [-0.3, -0.25) is 9.59 Å². The lowest BCUT2D eigenvalue weighted by atomic mass is 10.1. The van der Waals surface area contributed by atoms with Crippen molar-refractivity contribution in [2.45, 2.75) is 25.8 Å². The van der Waals surface area contributed by atoms with Crippen molar-refractivity contribution in [3.05, 3.63) is 59.1 Å². The Bertz CT molecular complexity index is 769. The summed E-state index contributed by atoms with van der Waals surface area (Å²) in [6, 6.07) is 14.2. The van der Waals surface area contributed by atoms with Crippen LogP contribution in [0.15, 0.2) is 48.5 Å². The number of ether oxygens (including phenoxy) is 1. The minimum Gasteiger partial charge on any atom is -0.381 e. The van der Waals surface area contributed by atoms with Crippen molar-refractivity contribution in [2.24, 2.45) is 0 Å². The first-order valence-corrected chi connectivity index (χ1v) is 8.97. The Morgan fingerprint density at radius 1 is 1.04 bits per heavy atom. The molecule has 1 aliphatic rings. The molecular formula is C20H21ClN2O3. The molecule has 3 rings (SSSR count). The summed E-state index contributed by atoms with van der Waals surface area (Å²) in [5.74, 6) is -0.197. The number of nitrogens with zero attached hydrogens (tertiary/aromatic N) is 1. The maximum Gasteiger partial charge on any atom is 0.255 e. The number of amides is 2. The summed E-state index contributed by atoms with van der Waals surface area (Å²) < 4.78 is 5.38. The van der Waals surface area contributed by atoms with Crippen molar-refractivity contribution in [3.8, 4) is 0 Å². The summed E-state index contributed by atoms with van der Waals surface area (Å²) in [7, 11) is 0. The third-order valence-electron chi connectivity index (χ3n) is 4.40. The summed E-state index contributed by atoms with van der Waals surface area (Å²) >= 11 is 5.84. The third-order valence-corrected chi connectivity index (χ3v) is 4.66. The van der Waals surface area contributed by atoms with E-state index in [-0.39, 0.29) is 17.9 Å². The minimum atomic E-state index is -0.206. The first kappa shape index (κ1) is 18.4. The smallest absolute Gasteiger partial charge is 0.255 e. The Morgan fingerprint density at radius 3 is 2.23 bits per heavy atom. The fraction of sp³-hybridized carbons (Fsp3) is 0.300. The number of nitrogens with one attached hydrogen (secondary N) is 1. The molecule has 2 aromatic carbocycles. The average molecular weight is 373 g/mol. The number of anilines is 2. The van der Waals surface area contributed by atoms with Crippen LogP contribution in [0.3, 0.4) is 0 Å². The number of carbonyl (C=O) groups is 2. The zero-order valence-corrected chi connectivity index (χ0v) is 15.3. The van der Waals surface area contributed by atoms with Gasteiger partial charge in [0.25, 0.3) is 5.91 Å². The van der Waals surface area contributed by atoms with Gasteiger partial charge in [0.2, 0.25) is 5.91 Å². The Labute approximate surface area is 157 Å². The number of hydrogen-bond acceptors (Lipinski definition) is 3. The maximum absolute atomic E-state index is 12.3. The fourth-order valence-corrected chi connectivity index (χ4v) is 3.23. The third kappa shape index (κ3) is 4.42. The Morgan fingerprint density at radius 2 is 1.65 bits per heavy atom. The van der Waals surface area contributed by atoms with E-state index in [2.05, 4.69) is 5.32 Å². The van der Waals surface area contributed by atoms with Crippen molar-refractivity contribution in [2.75, 3.05) is 23.4 Å². The van der Waals surface area contributed by atoms with Gasteiger partial charge in [0, 0.05) is 48.1 Å². The second-order valence-electron chi connectivity index (χ2n) is 6.24. The average Bonchev–Trinajstić information content (AvgIpc) is 2.64. The van der Waals surface area contributed by atoms with Gasteiger partial charge in [-0.1, -0.05) is 11.6 Å². The second kappa shape index (κ2) is 8.34. The van der Waals surface area contributed by atoms with Gasteiger partial charge in [0.15, 0.2) is 0 Å². The Hall–Kier alpha value is -2.37. The van der Waals surface area contributed by atoms with Gasteiger partial charge in [0.05, 0.1) is 0 Å². The van der Waals surface area contributed by atoms with E-state index < -0.39 is 0 Å². The Balaban J connectivity index is 1.71. The molecule has 0 bridgehead atoms. The molecule has 0 radical (unpaired) electrons. The molecule has 1 fully saturated rings. The molecule has 0 atom stereocenters. The first-order chi connectivity index (χ1) is 12.5. The molecule has 1 N–H and O–H groups in total. The van der Waals surface area contributed by atoms with Crippen molar-refractivity contribution in [3.63, 3.8) is 0 Å². The van der Waals surface area contributed by atoms with Crippen LogP contribution in [0.4, 0.5) is 11.4 Å². The van der Waals surface area contributed by atoms with E-state index in [1.165, 1.54) is 0 Å². The molecule has 1 heterocycles. The summed E-state index contributed by atoms with van der Waals surface area (Å²) in [5.41, 5.74) is 2.03. The van der Waals surface area contributed by atoms with Gasteiger partial charge in [-0.2, -0.15) is 0 Å². The maximum atomic E-state index is 12.3. The van der Waals surface area contributed by atoms with Gasteiger partial charge >= 0.3 is 0 Å².